The number of aliphatic imine (C=N–C) groups is 2. The van der Waals surface area contributed by atoms with Gasteiger partial charge < -0.3 is 30.8 Å². The van der Waals surface area contributed by atoms with Crippen LogP contribution in [-0.2, 0) is 30.1 Å². The van der Waals surface area contributed by atoms with Crippen molar-refractivity contribution in [1.29, 1.82) is 0 Å². The number of anilines is 1. The molecule has 4 aliphatic rings. The van der Waals surface area contributed by atoms with E-state index in [4.69, 9.17) is 25.7 Å². The van der Waals surface area contributed by atoms with Gasteiger partial charge in [-0.3, -0.25) is 4.79 Å². The fourth-order valence-corrected chi connectivity index (χ4v) is 10.9. The van der Waals surface area contributed by atoms with E-state index in [0.29, 0.717) is 13.0 Å². The monoisotopic (exact) mass is 877 g/mol. The van der Waals surface area contributed by atoms with Gasteiger partial charge in [-0.25, -0.2) is 46.0 Å². The average molecular weight is 878 g/mol. The van der Waals surface area contributed by atoms with Crippen molar-refractivity contribution in [1.82, 2.24) is 4.90 Å². The first kappa shape index (κ1) is 45.6. The number of thioether (sulfide) groups is 2. The van der Waals surface area contributed by atoms with Gasteiger partial charge in [0.05, 0.1) is 18.5 Å². The summed E-state index contributed by atoms with van der Waals surface area (Å²) in [6, 6.07) is 6.28. The summed E-state index contributed by atoms with van der Waals surface area (Å²) >= 11 is 2.09. The SMILES string of the molecule is COC(=O)[C@]12C[C@H]1[C@@](CF)(c1cccc(F)c1F)N=C(N(COCC[Si](C)(C)C)C(=O)OC(C)(C)C)S2.NC1=N[C@](CF)(c2cc(N)cc(F)c2F)[C@@H]2C[C@]2(CO)S1. The number of esters is 1. The number of hydrogen-bond donors (Lipinski definition) is 3. The highest BCUT2D eigenvalue weighted by Crippen LogP contribution is 2.68. The number of nitrogen functional groups attached to an aromatic ring is 1. The van der Waals surface area contributed by atoms with Crippen LogP contribution in [0.4, 0.5) is 36.8 Å². The molecule has 0 bridgehead atoms. The number of nitrogens with zero attached hydrogens (tertiary/aromatic N) is 3. The molecule has 0 aromatic heterocycles. The number of methoxy groups -OCH3 is 1. The maximum absolute atomic E-state index is 15.0. The number of amidine groups is 2. The first-order chi connectivity index (χ1) is 27.0. The largest absolute Gasteiger partial charge is 0.468 e. The minimum atomic E-state index is -1.94. The van der Waals surface area contributed by atoms with E-state index in [-0.39, 0.29) is 46.9 Å². The quantitative estimate of drug-likeness (QED) is 0.0524. The number of hydrogen-bond acceptors (Lipinski definition) is 12. The summed E-state index contributed by atoms with van der Waals surface area (Å²) in [5.41, 5.74) is 6.23. The zero-order valence-corrected chi connectivity index (χ0v) is 35.9. The van der Waals surface area contributed by atoms with E-state index >= 15 is 4.39 Å². The number of fused-ring (bicyclic) bond motifs is 2. The highest BCUT2D eigenvalue weighted by atomic mass is 32.2. The molecule has 0 radical (unpaired) electrons. The normalized spacial score (nSPS) is 28.4. The number of benzene rings is 2. The van der Waals surface area contributed by atoms with Crippen LogP contribution < -0.4 is 11.5 Å². The lowest BCUT2D eigenvalue weighted by atomic mass is 9.84. The van der Waals surface area contributed by atoms with Gasteiger partial charge in [0.25, 0.3) is 0 Å². The van der Waals surface area contributed by atoms with Crippen molar-refractivity contribution < 1.29 is 55.2 Å². The number of alkyl halides is 2. The number of nitrogens with two attached hydrogens (primary N) is 2. The van der Waals surface area contributed by atoms with Gasteiger partial charge in [-0.05, 0) is 57.9 Å². The van der Waals surface area contributed by atoms with Crippen molar-refractivity contribution in [2.45, 2.75) is 85.5 Å². The molecule has 2 aliphatic carbocycles. The zero-order valence-electron chi connectivity index (χ0n) is 33.3. The van der Waals surface area contributed by atoms with E-state index in [1.807, 2.05) is 0 Å². The number of aliphatic hydroxyl groups excluding tert-OH is 1. The van der Waals surface area contributed by atoms with Crippen molar-refractivity contribution in [2.75, 3.05) is 46.1 Å². The smallest absolute Gasteiger partial charge is 0.418 e. The lowest BCUT2D eigenvalue weighted by Crippen LogP contribution is -2.48. The van der Waals surface area contributed by atoms with Crippen LogP contribution in [0.5, 0.6) is 0 Å². The van der Waals surface area contributed by atoms with Crippen molar-refractivity contribution >= 4 is 59.7 Å². The summed E-state index contributed by atoms with van der Waals surface area (Å²) < 4.78 is 100. The Balaban J connectivity index is 0.000000256. The molecule has 2 saturated carbocycles. The molecule has 11 nitrogen and oxygen atoms in total. The van der Waals surface area contributed by atoms with Crippen LogP contribution in [0.25, 0.3) is 0 Å². The predicted molar refractivity (Wildman–Crippen MR) is 214 cm³/mol. The second-order valence-electron chi connectivity index (χ2n) is 17.0. The standard InChI is InChI=1S/C25H35F3N2O5SSi.C13H14F3N3OS/c1-23(2,3)35-22(32)30(15-34-11-12-37(5,6)7)21-29-24(14-26,16-9-8-10-17(27)19(16)28)18-13-25(18,36-21)20(31)33-4;14-4-13(7-1-6(17)2-8(15)10(7)16)9-3-12(9,5-20)21-11(18)19-13/h8-10,18H,11-15H2,1-7H3;1-2,9,20H,3-5,17H2,(H2,18,19)/t18-,24+,25-;9-,12-,13-/m01/s1. The molecule has 0 unspecified atom stereocenters. The Kier molecular flexibility index (Phi) is 13.0. The number of rotatable bonds is 11. The van der Waals surface area contributed by atoms with Crippen LogP contribution in [0.15, 0.2) is 40.3 Å². The molecule has 1 amide bonds. The van der Waals surface area contributed by atoms with Gasteiger partial charge in [0.2, 0.25) is 0 Å². The molecule has 2 aromatic carbocycles. The minimum absolute atomic E-state index is 0.0148. The number of amides is 1. The first-order valence-corrected chi connectivity index (χ1v) is 23.7. The molecular weight excluding hydrogens is 829 g/mol. The number of carbonyl (C=O) groups is 2. The highest BCUT2D eigenvalue weighted by Gasteiger charge is 2.74. The molecular formula is C38H49F6N5O6S2Si. The number of carbonyl (C=O) groups excluding carboxylic acids is 2. The van der Waals surface area contributed by atoms with Crippen LogP contribution in [0.3, 0.4) is 0 Å². The molecule has 5 N–H and O–H groups in total. The number of ether oxygens (including phenoxy) is 3. The average Bonchev–Trinajstić information content (AvgIpc) is 4.07. The van der Waals surface area contributed by atoms with E-state index in [2.05, 4.69) is 29.6 Å². The summed E-state index contributed by atoms with van der Waals surface area (Å²) in [6.45, 7) is 9.19. The molecule has 2 aliphatic heterocycles. The summed E-state index contributed by atoms with van der Waals surface area (Å²) in [7, 11) is -0.240. The van der Waals surface area contributed by atoms with E-state index < -0.39 is 94.8 Å². The van der Waals surface area contributed by atoms with E-state index in [0.717, 1.165) is 46.6 Å². The third kappa shape index (κ3) is 8.71. The molecule has 320 valence electrons. The fourth-order valence-electron chi connectivity index (χ4n) is 7.30. The lowest BCUT2D eigenvalue weighted by Gasteiger charge is -2.37. The molecule has 58 heavy (non-hydrogen) atoms. The molecule has 0 spiro atoms. The minimum Gasteiger partial charge on any atom is -0.468 e. The molecule has 2 heterocycles. The van der Waals surface area contributed by atoms with Crippen LogP contribution in [-0.4, -0.2) is 96.0 Å². The Bertz CT molecular complexity index is 1990. The number of halogens is 6. The van der Waals surface area contributed by atoms with Gasteiger partial charge in [-0.1, -0.05) is 55.3 Å². The second-order valence-corrected chi connectivity index (χ2v) is 25.4. The van der Waals surface area contributed by atoms with Gasteiger partial charge in [-0.2, -0.15) is 0 Å². The van der Waals surface area contributed by atoms with Crippen LogP contribution in [0.2, 0.25) is 25.7 Å². The van der Waals surface area contributed by atoms with Crippen molar-refractivity contribution in [3.05, 3.63) is 64.7 Å². The molecule has 2 fully saturated rings. The maximum atomic E-state index is 15.0. The van der Waals surface area contributed by atoms with Gasteiger partial charge >= 0.3 is 12.1 Å². The van der Waals surface area contributed by atoms with Crippen LogP contribution in [0, 0.1) is 35.1 Å². The Morgan fingerprint density at radius 2 is 1.59 bits per heavy atom. The highest BCUT2D eigenvalue weighted by molar-refractivity contribution is 8.16. The third-order valence-corrected chi connectivity index (χ3v) is 14.9. The zero-order chi connectivity index (χ0) is 43.2. The van der Waals surface area contributed by atoms with E-state index in [1.165, 1.54) is 25.3 Å². The van der Waals surface area contributed by atoms with Crippen molar-refractivity contribution in [2.24, 2.45) is 27.6 Å². The fraction of sp³-hybridized carbons (Fsp3) is 0.579. The molecule has 6 atom stereocenters. The van der Waals surface area contributed by atoms with Gasteiger partial charge in [0.15, 0.2) is 33.6 Å². The van der Waals surface area contributed by atoms with E-state index in [9.17, 15) is 36.6 Å². The van der Waals surface area contributed by atoms with Gasteiger partial charge in [0, 0.05) is 43.3 Å². The molecule has 6 rings (SSSR count). The summed E-state index contributed by atoms with van der Waals surface area (Å²) in [5, 5.41) is 9.49. The number of aliphatic hydroxyl groups is 1. The topological polar surface area (TPSA) is 162 Å². The Morgan fingerprint density at radius 3 is 2.17 bits per heavy atom. The second kappa shape index (κ2) is 16.5. The summed E-state index contributed by atoms with van der Waals surface area (Å²) in [5.74, 6) is -6.67. The van der Waals surface area contributed by atoms with Crippen molar-refractivity contribution in [3.63, 3.8) is 0 Å². The summed E-state index contributed by atoms with van der Waals surface area (Å²) in [6.07, 6.45) is -0.285. The Morgan fingerprint density at radius 1 is 0.948 bits per heavy atom. The molecule has 20 heteroatoms. The lowest BCUT2D eigenvalue weighted by molar-refractivity contribution is -0.141. The molecule has 0 saturated heterocycles. The van der Waals surface area contributed by atoms with Crippen LogP contribution in [0.1, 0.15) is 44.7 Å². The van der Waals surface area contributed by atoms with Gasteiger partial charge in [-0.15, -0.1) is 0 Å². The predicted octanol–water partition coefficient (Wildman–Crippen LogP) is 7.24. The van der Waals surface area contributed by atoms with E-state index in [1.54, 1.807) is 20.8 Å². The Hall–Kier alpha value is -3.46. The van der Waals surface area contributed by atoms with Crippen molar-refractivity contribution in [3.8, 4) is 0 Å². The summed E-state index contributed by atoms with van der Waals surface area (Å²) in [4.78, 5) is 35.8. The van der Waals surface area contributed by atoms with Gasteiger partial charge in [0.1, 0.15) is 41.5 Å². The third-order valence-electron chi connectivity index (χ3n) is 10.5. The Labute approximate surface area is 342 Å². The maximum Gasteiger partial charge on any atom is 0.418 e. The van der Waals surface area contributed by atoms with Crippen LogP contribution >= 0.6 is 23.5 Å². The first-order valence-electron chi connectivity index (χ1n) is 18.4. The molecule has 2 aromatic rings.